The normalized spacial score (nSPS) is 10.3. The van der Waals surface area contributed by atoms with Gasteiger partial charge in [-0.2, -0.15) is 0 Å². The van der Waals surface area contributed by atoms with Gasteiger partial charge in [0.25, 0.3) is 5.91 Å². The van der Waals surface area contributed by atoms with Crippen molar-refractivity contribution in [3.8, 4) is 17.1 Å². The van der Waals surface area contributed by atoms with Gasteiger partial charge in [0, 0.05) is 31.5 Å². The number of amides is 1. The van der Waals surface area contributed by atoms with E-state index in [4.69, 9.17) is 4.74 Å². The van der Waals surface area contributed by atoms with Crippen molar-refractivity contribution in [2.45, 2.75) is 6.54 Å². The van der Waals surface area contributed by atoms with E-state index < -0.39 is 0 Å². The predicted molar refractivity (Wildman–Crippen MR) is 96.3 cm³/mol. The number of benzene rings is 2. The molecule has 0 radical (unpaired) electrons. The molecule has 5 heteroatoms. The molecule has 1 amide bonds. The minimum Gasteiger partial charge on any atom is -0.497 e. The fourth-order valence-corrected chi connectivity index (χ4v) is 2.47. The molecule has 126 valence electrons. The molecule has 0 N–H and O–H groups in total. The highest BCUT2D eigenvalue weighted by Gasteiger charge is 2.13. The summed E-state index contributed by atoms with van der Waals surface area (Å²) in [6.45, 7) is 0.503. The molecule has 25 heavy (non-hydrogen) atoms. The van der Waals surface area contributed by atoms with E-state index in [0.29, 0.717) is 17.9 Å². The lowest BCUT2D eigenvalue weighted by atomic mass is 10.2. The van der Waals surface area contributed by atoms with Gasteiger partial charge >= 0.3 is 0 Å². The third-order valence-corrected chi connectivity index (χ3v) is 3.86. The number of hydrogen-bond acceptors (Lipinski definition) is 4. The Kier molecular flexibility index (Phi) is 5.04. The van der Waals surface area contributed by atoms with Crippen LogP contribution in [0.2, 0.25) is 0 Å². The number of carbonyl (C=O) groups excluding carboxylic acids is 1. The molecule has 0 bridgehead atoms. The van der Waals surface area contributed by atoms with E-state index in [1.165, 1.54) is 0 Å². The third kappa shape index (κ3) is 4.01. The Morgan fingerprint density at radius 1 is 1.00 bits per heavy atom. The molecule has 0 atom stereocenters. The van der Waals surface area contributed by atoms with Crippen LogP contribution in [0.1, 0.15) is 15.9 Å². The number of methoxy groups -OCH3 is 1. The quantitative estimate of drug-likeness (QED) is 0.718. The lowest BCUT2D eigenvalue weighted by Crippen LogP contribution is -2.26. The molecule has 1 heterocycles. The average Bonchev–Trinajstić information content (AvgIpc) is 2.69. The molecule has 0 aliphatic heterocycles. The molecule has 0 unspecified atom stereocenters. The van der Waals surface area contributed by atoms with Crippen LogP contribution in [0.4, 0.5) is 0 Å². The van der Waals surface area contributed by atoms with Crippen molar-refractivity contribution in [1.82, 2.24) is 14.9 Å². The predicted octanol–water partition coefficient (Wildman–Crippen LogP) is 3.42. The van der Waals surface area contributed by atoms with E-state index in [-0.39, 0.29) is 5.91 Å². The summed E-state index contributed by atoms with van der Waals surface area (Å²) < 4.78 is 5.14. The first-order valence-electron chi connectivity index (χ1n) is 7.93. The first-order chi connectivity index (χ1) is 12.2. The van der Waals surface area contributed by atoms with Gasteiger partial charge in [-0.1, -0.05) is 42.5 Å². The number of nitrogens with zero attached hydrogens (tertiary/aromatic N) is 3. The molecule has 1 aromatic heterocycles. The smallest absolute Gasteiger partial charge is 0.257 e. The Morgan fingerprint density at radius 2 is 1.64 bits per heavy atom. The Morgan fingerprint density at radius 3 is 2.24 bits per heavy atom. The van der Waals surface area contributed by atoms with Crippen molar-refractivity contribution in [3.63, 3.8) is 0 Å². The molecule has 0 aliphatic rings. The minimum atomic E-state index is -0.115. The zero-order chi connectivity index (χ0) is 17.6. The van der Waals surface area contributed by atoms with Gasteiger partial charge < -0.3 is 9.64 Å². The lowest BCUT2D eigenvalue weighted by Gasteiger charge is -2.17. The van der Waals surface area contributed by atoms with Crippen molar-refractivity contribution in [2.75, 3.05) is 14.2 Å². The summed E-state index contributed by atoms with van der Waals surface area (Å²) in [5.41, 5.74) is 2.42. The number of carbonyl (C=O) groups is 1. The molecule has 5 nitrogen and oxygen atoms in total. The van der Waals surface area contributed by atoms with Crippen LogP contribution < -0.4 is 4.74 Å². The van der Waals surface area contributed by atoms with Gasteiger partial charge in [0.15, 0.2) is 5.82 Å². The lowest BCUT2D eigenvalue weighted by molar-refractivity contribution is 0.0784. The summed E-state index contributed by atoms with van der Waals surface area (Å²) in [6.07, 6.45) is 3.14. The van der Waals surface area contributed by atoms with Crippen molar-refractivity contribution in [2.24, 2.45) is 0 Å². The van der Waals surface area contributed by atoms with E-state index in [9.17, 15) is 4.79 Å². The highest BCUT2D eigenvalue weighted by molar-refractivity contribution is 5.93. The maximum absolute atomic E-state index is 12.5. The molecular formula is C20H19N3O2. The Hall–Kier alpha value is -3.21. The summed E-state index contributed by atoms with van der Waals surface area (Å²) >= 11 is 0. The van der Waals surface area contributed by atoms with Gasteiger partial charge in [-0.05, 0) is 17.7 Å². The second-order valence-electron chi connectivity index (χ2n) is 5.67. The number of hydrogen-bond donors (Lipinski definition) is 0. The van der Waals surface area contributed by atoms with E-state index in [2.05, 4.69) is 9.97 Å². The van der Waals surface area contributed by atoms with Crippen molar-refractivity contribution in [3.05, 3.63) is 78.1 Å². The standard InChI is InChI=1S/C20H19N3O2/c1-23(14-15-8-10-18(25-2)11-9-15)20(24)17-12-21-19(22-13-17)16-6-4-3-5-7-16/h3-13H,14H2,1-2H3. The summed E-state index contributed by atoms with van der Waals surface area (Å²) in [5, 5.41) is 0. The summed E-state index contributed by atoms with van der Waals surface area (Å²) in [5.74, 6) is 1.29. The molecular weight excluding hydrogens is 314 g/mol. The largest absolute Gasteiger partial charge is 0.497 e. The topological polar surface area (TPSA) is 55.3 Å². The number of ether oxygens (including phenoxy) is 1. The van der Waals surface area contributed by atoms with Crippen LogP contribution in [0.25, 0.3) is 11.4 Å². The van der Waals surface area contributed by atoms with E-state index in [1.807, 2.05) is 54.6 Å². The van der Waals surface area contributed by atoms with Gasteiger partial charge in [-0.25, -0.2) is 9.97 Å². The second-order valence-corrected chi connectivity index (χ2v) is 5.67. The van der Waals surface area contributed by atoms with Crippen LogP contribution in [-0.4, -0.2) is 34.9 Å². The third-order valence-electron chi connectivity index (χ3n) is 3.86. The maximum Gasteiger partial charge on any atom is 0.257 e. The van der Waals surface area contributed by atoms with Crippen LogP contribution in [0.5, 0.6) is 5.75 Å². The fourth-order valence-electron chi connectivity index (χ4n) is 2.47. The summed E-state index contributed by atoms with van der Waals surface area (Å²) in [6, 6.07) is 17.3. The van der Waals surface area contributed by atoms with Crippen molar-refractivity contribution < 1.29 is 9.53 Å². The molecule has 0 saturated heterocycles. The number of rotatable bonds is 5. The van der Waals surface area contributed by atoms with Gasteiger partial charge in [-0.15, -0.1) is 0 Å². The molecule has 3 aromatic rings. The van der Waals surface area contributed by atoms with Crippen molar-refractivity contribution in [1.29, 1.82) is 0 Å². The van der Waals surface area contributed by atoms with E-state index in [0.717, 1.165) is 16.9 Å². The van der Waals surface area contributed by atoms with Crippen LogP contribution in [0, 0.1) is 0 Å². The number of aromatic nitrogens is 2. The molecule has 0 spiro atoms. The van der Waals surface area contributed by atoms with Crippen LogP contribution >= 0.6 is 0 Å². The first kappa shape index (κ1) is 16.6. The van der Waals surface area contributed by atoms with Gasteiger partial charge in [0.05, 0.1) is 12.7 Å². The Balaban J connectivity index is 1.69. The fraction of sp³-hybridized carbons (Fsp3) is 0.150. The molecule has 3 rings (SSSR count). The highest BCUT2D eigenvalue weighted by Crippen LogP contribution is 2.15. The van der Waals surface area contributed by atoms with Crippen molar-refractivity contribution >= 4 is 5.91 Å². The zero-order valence-electron chi connectivity index (χ0n) is 14.2. The van der Waals surface area contributed by atoms with Crippen LogP contribution in [0.15, 0.2) is 67.0 Å². The maximum atomic E-state index is 12.5. The first-order valence-corrected chi connectivity index (χ1v) is 7.93. The van der Waals surface area contributed by atoms with E-state index >= 15 is 0 Å². The highest BCUT2D eigenvalue weighted by atomic mass is 16.5. The molecule has 0 saturated carbocycles. The minimum absolute atomic E-state index is 0.115. The Labute approximate surface area is 146 Å². The molecule has 0 aliphatic carbocycles. The van der Waals surface area contributed by atoms with Gasteiger partial charge in [-0.3, -0.25) is 4.79 Å². The monoisotopic (exact) mass is 333 g/mol. The summed E-state index contributed by atoms with van der Waals surface area (Å²) in [4.78, 5) is 22.8. The molecule has 0 fully saturated rings. The average molecular weight is 333 g/mol. The summed E-state index contributed by atoms with van der Waals surface area (Å²) in [7, 11) is 3.39. The Bertz CT molecular complexity index is 831. The van der Waals surface area contributed by atoms with Crippen LogP contribution in [0.3, 0.4) is 0 Å². The van der Waals surface area contributed by atoms with Gasteiger partial charge in [0.1, 0.15) is 5.75 Å². The van der Waals surface area contributed by atoms with Crippen LogP contribution in [-0.2, 0) is 6.54 Å². The second kappa shape index (κ2) is 7.57. The van der Waals surface area contributed by atoms with E-state index in [1.54, 1.807) is 31.5 Å². The zero-order valence-corrected chi connectivity index (χ0v) is 14.2. The van der Waals surface area contributed by atoms with Gasteiger partial charge in [0.2, 0.25) is 0 Å². The SMILES string of the molecule is COc1ccc(CN(C)C(=O)c2cnc(-c3ccccc3)nc2)cc1. The molecule has 2 aromatic carbocycles.